The summed E-state index contributed by atoms with van der Waals surface area (Å²) in [5.74, 6) is 0.516. The van der Waals surface area contributed by atoms with Gasteiger partial charge in [-0.25, -0.2) is 0 Å². The lowest BCUT2D eigenvalue weighted by atomic mass is 10.1. The van der Waals surface area contributed by atoms with Gasteiger partial charge in [0, 0.05) is 18.5 Å². The number of hydrogen-bond acceptors (Lipinski definition) is 4. The highest BCUT2D eigenvalue weighted by molar-refractivity contribution is 7.80. The molecule has 0 bridgehead atoms. The molecule has 1 heterocycles. The zero-order valence-electron chi connectivity index (χ0n) is 12.5. The maximum Gasteiger partial charge on any atom is 0.303 e. The van der Waals surface area contributed by atoms with Gasteiger partial charge in [0.1, 0.15) is 11.5 Å². The average molecular weight is 311 g/mol. The summed E-state index contributed by atoms with van der Waals surface area (Å²) >= 11 is 5.08. The molecule has 1 rings (SSSR count). The maximum absolute atomic E-state index is 10.6. The topological polar surface area (TPSA) is 86.9 Å². The van der Waals surface area contributed by atoms with Crippen LogP contribution in [0.25, 0.3) is 0 Å². The number of hydrogen-bond donors (Lipinski definition) is 3. The van der Waals surface area contributed by atoms with E-state index in [1.165, 1.54) is 0 Å². The number of aryl methyl sites for hydroxylation is 2. The first-order valence-electron chi connectivity index (χ1n) is 6.83. The van der Waals surface area contributed by atoms with Gasteiger partial charge in [-0.2, -0.15) is 5.10 Å². The van der Waals surface area contributed by atoms with Crippen LogP contribution in [-0.4, -0.2) is 28.4 Å². The quantitative estimate of drug-likeness (QED) is 0.406. The molecular weight excluding hydrogens is 290 g/mol. The van der Waals surface area contributed by atoms with Crippen molar-refractivity contribution < 1.29 is 14.3 Å². The van der Waals surface area contributed by atoms with Crippen molar-refractivity contribution in [2.45, 2.75) is 40.0 Å². The minimum Gasteiger partial charge on any atom is -0.481 e. The maximum atomic E-state index is 10.6. The second-order valence-electron chi connectivity index (χ2n) is 4.64. The van der Waals surface area contributed by atoms with Crippen LogP contribution in [0.5, 0.6) is 0 Å². The molecule has 0 aliphatic heterocycles. The SMILES string of the molecule is CCCNC(=S)N/N=C(/C)c1cc(CCC(=O)O)oc1C. The number of nitrogens with one attached hydrogen (secondary N) is 2. The molecule has 0 unspecified atom stereocenters. The molecule has 1 aromatic rings. The summed E-state index contributed by atoms with van der Waals surface area (Å²) in [6.45, 7) is 6.52. The Balaban J connectivity index is 2.66. The number of rotatable bonds is 7. The highest BCUT2D eigenvalue weighted by Gasteiger charge is 2.11. The van der Waals surface area contributed by atoms with Gasteiger partial charge in [0.2, 0.25) is 0 Å². The fourth-order valence-electron chi connectivity index (χ4n) is 1.73. The molecule has 0 atom stereocenters. The standard InChI is InChI=1S/C14H21N3O3S/c1-4-7-15-14(21)17-16-9(2)12-8-11(20-10(12)3)5-6-13(18)19/h8H,4-7H2,1-3H3,(H,18,19)(H2,15,17,21)/b16-9-. The number of carboxylic acids is 1. The normalized spacial score (nSPS) is 11.3. The van der Waals surface area contributed by atoms with Crippen LogP contribution in [0.3, 0.4) is 0 Å². The van der Waals surface area contributed by atoms with E-state index in [9.17, 15) is 4.79 Å². The first kappa shape index (κ1) is 17.2. The van der Waals surface area contributed by atoms with Crippen LogP contribution in [0.15, 0.2) is 15.6 Å². The fourth-order valence-corrected chi connectivity index (χ4v) is 1.88. The zero-order valence-corrected chi connectivity index (χ0v) is 13.3. The highest BCUT2D eigenvalue weighted by Crippen LogP contribution is 2.17. The number of hydrazone groups is 1. The summed E-state index contributed by atoms with van der Waals surface area (Å²) in [6, 6.07) is 1.82. The molecular formula is C14H21N3O3S. The molecule has 0 aromatic carbocycles. The largest absolute Gasteiger partial charge is 0.481 e. The van der Waals surface area contributed by atoms with E-state index in [4.69, 9.17) is 21.7 Å². The first-order valence-corrected chi connectivity index (χ1v) is 7.24. The molecule has 7 heteroatoms. The van der Waals surface area contributed by atoms with Crippen molar-refractivity contribution >= 4 is 29.0 Å². The van der Waals surface area contributed by atoms with Gasteiger partial charge in [-0.05, 0) is 38.6 Å². The smallest absolute Gasteiger partial charge is 0.303 e. The molecule has 0 radical (unpaired) electrons. The Hall–Kier alpha value is -1.89. The fraction of sp³-hybridized carbons (Fsp3) is 0.500. The van der Waals surface area contributed by atoms with Crippen LogP contribution in [0.4, 0.5) is 0 Å². The Labute approximate surface area is 129 Å². The van der Waals surface area contributed by atoms with E-state index < -0.39 is 5.97 Å². The summed E-state index contributed by atoms with van der Waals surface area (Å²) in [5.41, 5.74) is 4.36. The van der Waals surface area contributed by atoms with Crippen LogP contribution in [0.2, 0.25) is 0 Å². The monoisotopic (exact) mass is 311 g/mol. The summed E-state index contributed by atoms with van der Waals surface area (Å²) < 4.78 is 5.54. The van der Waals surface area contributed by atoms with Gasteiger partial charge >= 0.3 is 5.97 Å². The van der Waals surface area contributed by atoms with E-state index in [0.29, 0.717) is 23.1 Å². The number of carbonyl (C=O) groups is 1. The van der Waals surface area contributed by atoms with Crippen LogP contribution < -0.4 is 10.7 Å². The van der Waals surface area contributed by atoms with Crippen molar-refractivity contribution in [1.82, 2.24) is 10.7 Å². The third-order valence-electron chi connectivity index (χ3n) is 2.80. The van der Waals surface area contributed by atoms with Gasteiger partial charge in [0.05, 0.1) is 12.1 Å². The van der Waals surface area contributed by atoms with Crippen molar-refractivity contribution in [2.75, 3.05) is 6.54 Å². The van der Waals surface area contributed by atoms with Gasteiger partial charge < -0.3 is 14.8 Å². The van der Waals surface area contributed by atoms with Gasteiger partial charge in [-0.15, -0.1) is 0 Å². The second-order valence-corrected chi connectivity index (χ2v) is 5.05. The average Bonchev–Trinajstić information content (AvgIpc) is 2.81. The zero-order chi connectivity index (χ0) is 15.8. The van der Waals surface area contributed by atoms with E-state index in [-0.39, 0.29) is 6.42 Å². The predicted molar refractivity (Wildman–Crippen MR) is 85.6 cm³/mol. The minimum atomic E-state index is -0.843. The van der Waals surface area contributed by atoms with Gasteiger partial charge in [0.15, 0.2) is 5.11 Å². The van der Waals surface area contributed by atoms with Crippen molar-refractivity contribution in [3.63, 3.8) is 0 Å². The van der Waals surface area contributed by atoms with Gasteiger partial charge in [0.25, 0.3) is 0 Å². The summed E-state index contributed by atoms with van der Waals surface area (Å²) in [6.07, 6.45) is 1.40. The summed E-state index contributed by atoms with van der Waals surface area (Å²) in [7, 11) is 0. The molecule has 0 saturated heterocycles. The lowest BCUT2D eigenvalue weighted by Crippen LogP contribution is -2.33. The molecule has 0 spiro atoms. The predicted octanol–water partition coefficient (Wildman–Crippen LogP) is 2.20. The van der Waals surface area contributed by atoms with Crippen molar-refractivity contribution in [2.24, 2.45) is 5.10 Å². The lowest BCUT2D eigenvalue weighted by Gasteiger charge is -2.06. The second kappa shape index (κ2) is 8.41. The van der Waals surface area contributed by atoms with Crippen molar-refractivity contribution in [3.05, 3.63) is 23.2 Å². The molecule has 1 aromatic heterocycles. The third kappa shape index (κ3) is 5.95. The van der Waals surface area contributed by atoms with E-state index in [0.717, 1.165) is 24.2 Å². The lowest BCUT2D eigenvalue weighted by molar-refractivity contribution is -0.137. The molecule has 0 aliphatic carbocycles. The first-order chi connectivity index (χ1) is 9.93. The minimum absolute atomic E-state index is 0.0475. The van der Waals surface area contributed by atoms with Gasteiger partial charge in [-0.3, -0.25) is 10.2 Å². The number of nitrogens with zero attached hydrogens (tertiary/aromatic N) is 1. The molecule has 0 amide bonds. The van der Waals surface area contributed by atoms with Crippen LogP contribution in [0.1, 0.15) is 43.8 Å². The Morgan fingerprint density at radius 1 is 1.52 bits per heavy atom. The molecule has 21 heavy (non-hydrogen) atoms. The van der Waals surface area contributed by atoms with Crippen LogP contribution >= 0.6 is 12.2 Å². The number of aliphatic carboxylic acids is 1. The number of furan rings is 1. The third-order valence-corrected chi connectivity index (χ3v) is 3.04. The number of carboxylic acid groups (broad SMARTS) is 1. The Morgan fingerprint density at radius 2 is 2.24 bits per heavy atom. The van der Waals surface area contributed by atoms with E-state index in [1.54, 1.807) is 0 Å². The molecule has 0 fully saturated rings. The Morgan fingerprint density at radius 3 is 2.86 bits per heavy atom. The highest BCUT2D eigenvalue weighted by atomic mass is 32.1. The van der Waals surface area contributed by atoms with Crippen LogP contribution in [-0.2, 0) is 11.2 Å². The van der Waals surface area contributed by atoms with Crippen molar-refractivity contribution in [3.8, 4) is 0 Å². The molecule has 3 N–H and O–H groups in total. The Bertz CT molecular complexity index is 538. The molecule has 0 saturated carbocycles. The van der Waals surface area contributed by atoms with E-state index in [1.807, 2.05) is 19.9 Å². The molecule has 0 aliphatic rings. The number of thiocarbonyl (C=S) groups is 1. The van der Waals surface area contributed by atoms with E-state index >= 15 is 0 Å². The Kier molecular flexibility index (Phi) is 6.87. The summed E-state index contributed by atoms with van der Waals surface area (Å²) in [4.78, 5) is 10.6. The van der Waals surface area contributed by atoms with Gasteiger partial charge in [-0.1, -0.05) is 6.92 Å². The van der Waals surface area contributed by atoms with E-state index in [2.05, 4.69) is 22.8 Å². The summed E-state index contributed by atoms with van der Waals surface area (Å²) in [5, 5.41) is 16.4. The van der Waals surface area contributed by atoms with Crippen LogP contribution in [0, 0.1) is 6.92 Å². The molecule has 116 valence electrons. The molecule has 6 nitrogen and oxygen atoms in total. The van der Waals surface area contributed by atoms with Crippen molar-refractivity contribution in [1.29, 1.82) is 0 Å².